The number of fused-ring (bicyclic) bond motifs is 1. The molecule has 21 heavy (non-hydrogen) atoms. The summed E-state index contributed by atoms with van der Waals surface area (Å²) in [6, 6.07) is 23.1. The number of hydrogen-bond acceptors (Lipinski definition) is 1. The minimum atomic E-state index is 0.220. The van der Waals surface area contributed by atoms with E-state index in [9.17, 15) is 0 Å². The fourth-order valence-corrected chi connectivity index (χ4v) is 2.95. The molecule has 0 aromatic heterocycles. The van der Waals surface area contributed by atoms with Gasteiger partial charge in [0.15, 0.2) is 0 Å². The van der Waals surface area contributed by atoms with Crippen molar-refractivity contribution in [2.24, 2.45) is 0 Å². The van der Waals surface area contributed by atoms with Gasteiger partial charge in [-0.3, -0.25) is 0 Å². The molecule has 0 radical (unpaired) electrons. The molecule has 1 nitrogen and oxygen atoms in total. The summed E-state index contributed by atoms with van der Waals surface area (Å²) in [5, 5.41) is 6.96. The van der Waals surface area contributed by atoms with Crippen LogP contribution in [0.1, 0.15) is 24.1 Å². The summed E-state index contributed by atoms with van der Waals surface area (Å²) >= 11 is 6.26. The molecule has 3 rings (SSSR count). The van der Waals surface area contributed by atoms with Crippen molar-refractivity contribution in [1.82, 2.24) is 5.32 Å². The zero-order chi connectivity index (χ0) is 14.7. The van der Waals surface area contributed by atoms with Gasteiger partial charge in [0.1, 0.15) is 0 Å². The average molecular weight is 296 g/mol. The van der Waals surface area contributed by atoms with Crippen LogP contribution in [0.15, 0.2) is 66.7 Å². The van der Waals surface area contributed by atoms with Gasteiger partial charge in [-0.25, -0.2) is 0 Å². The Balaban J connectivity index is 1.79. The highest BCUT2D eigenvalue weighted by atomic mass is 35.5. The van der Waals surface area contributed by atoms with Gasteiger partial charge >= 0.3 is 0 Å². The lowest BCUT2D eigenvalue weighted by Crippen LogP contribution is -2.18. The minimum Gasteiger partial charge on any atom is -0.306 e. The molecule has 0 bridgehead atoms. The predicted molar refractivity (Wildman–Crippen MR) is 90.7 cm³/mol. The molecule has 1 atom stereocenters. The van der Waals surface area contributed by atoms with E-state index in [1.807, 2.05) is 18.2 Å². The first-order chi connectivity index (χ1) is 10.3. The van der Waals surface area contributed by atoms with E-state index in [1.165, 1.54) is 16.3 Å². The molecule has 0 aliphatic rings. The first-order valence-corrected chi connectivity index (χ1v) is 7.58. The minimum absolute atomic E-state index is 0.220. The summed E-state index contributed by atoms with van der Waals surface area (Å²) < 4.78 is 0. The quantitative estimate of drug-likeness (QED) is 0.684. The van der Waals surface area contributed by atoms with Crippen molar-refractivity contribution in [2.45, 2.75) is 19.5 Å². The van der Waals surface area contributed by atoms with Crippen LogP contribution in [0.3, 0.4) is 0 Å². The Kier molecular flexibility index (Phi) is 4.23. The predicted octanol–water partition coefficient (Wildman–Crippen LogP) is 5.34. The molecule has 0 aliphatic heterocycles. The first kappa shape index (κ1) is 14.1. The number of hydrogen-bond donors (Lipinski definition) is 1. The summed E-state index contributed by atoms with van der Waals surface area (Å²) in [5.41, 5.74) is 2.45. The van der Waals surface area contributed by atoms with Crippen molar-refractivity contribution < 1.29 is 0 Å². The Labute approximate surface area is 130 Å². The van der Waals surface area contributed by atoms with E-state index in [-0.39, 0.29) is 6.04 Å². The number of rotatable bonds is 4. The average Bonchev–Trinajstić information content (AvgIpc) is 2.53. The van der Waals surface area contributed by atoms with Crippen LogP contribution in [-0.2, 0) is 6.54 Å². The van der Waals surface area contributed by atoms with Gasteiger partial charge < -0.3 is 5.32 Å². The van der Waals surface area contributed by atoms with Crippen molar-refractivity contribution in [3.05, 3.63) is 82.9 Å². The Morgan fingerprint density at radius 1 is 0.905 bits per heavy atom. The molecule has 2 heteroatoms. The monoisotopic (exact) mass is 295 g/mol. The van der Waals surface area contributed by atoms with Crippen LogP contribution in [0.5, 0.6) is 0 Å². The second-order valence-electron chi connectivity index (χ2n) is 5.26. The molecule has 0 unspecified atom stereocenters. The van der Waals surface area contributed by atoms with Crippen LogP contribution in [0.25, 0.3) is 10.8 Å². The number of halogens is 1. The Hall–Kier alpha value is -1.83. The van der Waals surface area contributed by atoms with E-state index in [2.05, 4.69) is 60.8 Å². The van der Waals surface area contributed by atoms with E-state index in [1.54, 1.807) is 0 Å². The van der Waals surface area contributed by atoms with Gasteiger partial charge in [0.25, 0.3) is 0 Å². The molecule has 1 N–H and O–H groups in total. The zero-order valence-electron chi connectivity index (χ0n) is 12.0. The normalized spacial score (nSPS) is 12.5. The third-order valence-electron chi connectivity index (χ3n) is 3.85. The molecule has 3 aromatic rings. The molecule has 0 fully saturated rings. The third-order valence-corrected chi connectivity index (χ3v) is 4.19. The van der Waals surface area contributed by atoms with E-state index in [4.69, 9.17) is 11.6 Å². The van der Waals surface area contributed by atoms with Crippen LogP contribution in [0.2, 0.25) is 5.02 Å². The smallest absolute Gasteiger partial charge is 0.0453 e. The van der Waals surface area contributed by atoms with E-state index < -0.39 is 0 Å². The van der Waals surface area contributed by atoms with Gasteiger partial charge in [-0.2, -0.15) is 0 Å². The maximum atomic E-state index is 6.26. The fourth-order valence-electron chi connectivity index (χ4n) is 2.65. The molecular formula is C19H18ClN. The second-order valence-corrected chi connectivity index (χ2v) is 5.67. The van der Waals surface area contributed by atoms with Gasteiger partial charge in [0.2, 0.25) is 0 Å². The fraction of sp³-hybridized carbons (Fsp3) is 0.158. The summed E-state index contributed by atoms with van der Waals surface area (Å²) in [5.74, 6) is 0. The largest absolute Gasteiger partial charge is 0.306 e. The van der Waals surface area contributed by atoms with Crippen molar-refractivity contribution in [3.8, 4) is 0 Å². The van der Waals surface area contributed by atoms with Crippen LogP contribution in [-0.4, -0.2) is 0 Å². The van der Waals surface area contributed by atoms with Crippen molar-refractivity contribution in [3.63, 3.8) is 0 Å². The topological polar surface area (TPSA) is 12.0 Å². The van der Waals surface area contributed by atoms with Crippen LogP contribution < -0.4 is 5.32 Å². The summed E-state index contributed by atoms with van der Waals surface area (Å²) in [6.45, 7) is 2.97. The van der Waals surface area contributed by atoms with Crippen LogP contribution in [0, 0.1) is 0 Å². The Morgan fingerprint density at radius 2 is 1.62 bits per heavy atom. The SMILES string of the molecule is C[C@H](NCc1cccc2ccccc12)c1ccccc1Cl. The van der Waals surface area contributed by atoms with E-state index >= 15 is 0 Å². The highest BCUT2D eigenvalue weighted by Crippen LogP contribution is 2.23. The Morgan fingerprint density at radius 3 is 2.48 bits per heavy atom. The zero-order valence-corrected chi connectivity index (χ0v) is 12.8. The van der Waals surface area contributed by atoms with Gasteiger partial charge in [-0.05, 0) is 34.9 Å². The van der Waals surface area contributed by atoms with Crippen molar-refractivity contribution in [1.29, 1.82) is 0 Å². The lowest BCUT2D eigenvalue weighted by atomic mass is 10.0. The van der Waals surface area contributed by atoms with Crippen LogP contribution in [0.4, 0.5) is 0 Å². The second kappa shape index (κ2) is 6.30. The standard InChI is InChI=1S/C19H18ClN/c1-14(17-10-4-5-12-19(17)20)21-13-16-9-6-8-15-7-2-3-11-18(15)16/h2-12,14,21H,13H2,1H3/t14-/m0/s1. The molecular weight excluding hydrogens is 278 g/mol. The van der Waals surface area contributed by atoms with E-state index in [0.29, 0.717) is 0 Å². The molecule has 0 spiro atoms. The maximum absolute atomic E-state index is 6.26. The molecule has 0 amide bonds. The highest BCUT2D eigenvalue weighted by molar-refractivity contribution is 6.31. The summed E-state index contributed by atoms with van der Waals surface area (Å²) in [6.07, 6.45) is 0. The van der Waals surface area contributed by atoms with Crippen LogP contribution >= 0.6 is 11.6 Å². The van der Waals surface area contributed by atoms with Crippen molar-refractivity contribution in [2.75, 3.05) is 0 Å². The van der Waals surface area contributed by atoms with Gasteiger partial charge in [0.05, 0.1) is 0 Å². The maximum Gasteiger partial charge on any atom is 0.0453 e. The van der Waals surface area contributed by atoms with Crippen molar-refractivity contribution >= 4 is 22.4 Å². The summed E-state index contributed by atoms with van der Waals surface area (Å²) in [4.78, 5) is 0. The molecule has 0 saturated carbocycles. The highest BCUT2D eigenvalue weighted by Gasteiger charge is 2.09. The lowest BCUT2D eigenvalue weighted by Gasteiger charge is -2.16. The first-order valence-electron chi connectivity index (χ1n) is 7.20. The van der Waals surface area contributed by atoms with Gasteiger partial charge in [-0.15, -0.1) is 0 Å². The molecule has 0 saturated heterocycles. The molecule has 106 valence electrons. The molecule has 0 heterocycles. The summed E-state index contributed by atoms with van der Waals surface area (Å²) in [7, 11) is 0. The third kappa shape index (κ3) is 3.10. The molecule has 3 aromatic carbocycles. The number of benzene rings is 3. The number of nitrogens with one attached hydrogen (secondary N) is 1. The Bertz CT molecular complexity index is 746. The lowest BCUT2D eigenvalue weighted by molar-refractivity contribution is 0.576. The van der Waals surface area contributed by atoms with Gasteiger partial charge in [0, 0.05) is 17.6 Å². The molecule has 0 aliphatic carbocycles. The van der Waals surface area contributed by atoms with Gasteiger partial charge in [-0.1, -0.05) is 72.3 Å². The van der Waals surface area contributed by atoms with E-state index in [0.717, 1.165) is 17.1 Å².